The molecule has 2 N–H and O–H groups in total. The molecule has 1 aliphatic carbocycles. The molecule has 0 aromatic rings. The quantitative estimate of drug-likeness (QED) is 0.602. The summed E-state index contributed by atoms with van der Waals surface area (Å²) in [6, 6.07) is 0.120. The monoisotopic (exact) mass is 369 g/mol. The molecule has 1 saturated heterocycles. The van der Waals surface area contributed by atoms with E-state index in [0.717, 1.165) is 19.3 Å². The first-order chi connectivity index (χ1) is 10.3. The third kappa shape index (κ3) is 6.19. The SMILES string of the molecule is CN(CCC(=O)N[C@H]1CN(CCO)C[C@@H]1C1CC1)S(C)(=O)=O.Cl. The first-order valence-electron chi connectivity index (χ1n) is 7.85. The van der Waals surface area contributed by atoms with E-state index in [1.165, 1.54) is 24.2 Å². The number of rotatable bonds is 8. The fourth-order valence-electron chi connectivity index (χ4n) is 3.10. The van der Waals surface area contributed by atoms with Gasteiger partial charge in [-0.05, 0) is 24.7 Å². The highest BCUT2D eigenvalue weighted by atomic mass is 35.5. The molecule has 0 aromatic heterocycles. The lowest BCUT2D eigenvalue weighted by Crippen LogP contribution is -2.42. The number of carbonyl (C=O) groups is 1. The number of hydrogen-bond donors (Lipinski definition) is 2. The molecule has 23 heavy (non-hydrogen) atoms. The summed E-state index contributed by atoms with van der Waals surface area (Å²) in [5.41, 5.74) is 0. The summed E-state index contributed by atoms with van der Waals surface area (Å²) in [4.78, 5) is 14.3. The normalized spacial score (nSPS) is 25.4. The molecule has 1 aliphatic heterocycles. The molecule has 7 nitrogen and oxygen atoms in total. The van der Waals surface area contributed by atoms with E-state index in [4.69, 9.17) is 5.11 Å². The number of aliphatic hydroxyl groups excluding tert-OH is 1. The van der Waals surface area contributed by atoms with Gasteiger partial charge in [-0.3, -0.25) is 9.69 Å². The minimum atomic E-state index is -3.24. The van der Waals surface area contributed by atoms with E-state index in [9.17, 15) is 13.2 Å². The number of nitrogens with one attached hydrogen (secondary N) is 1. The fourth-order valence-corrected chi connectivity index (χ4v) is 3.52. The molecule has 0 aromatic carbocycles. The van der Waals surface area contributed by atoms with Gasteiger partial charge in [0.05, 0.1) is 12.9 Å². The van der Waals surface area contributed by atoms with Crippen LogP contribution in [0.3, 0.4) is 0 Å². The highest BCUT2D eigenvalue weighted by molar-refractivity contribution is 7.88. The van der Waals surface area contributed by atoms with Gasteiger partial charge in [-0.25, -0.2) is 12.7 Å². The molecule has 2 atom stereocenters. The Bertz CT molecular complexity index is 498. The van der Waals surface area contributed by atoms with E-state index >= 15 is 0 Å². The fraction of sp³-hybridized carbons (Fsp3) is 0.929. The van der Waals surface area contributed by atoms with Crippen LogP contribution in [0, 0.1) is 11.8 Å². The van der Waals surface area contributed by atoms with Gasteiger partial charge in [-0.15, -0.1) is 12.4 Å². The second-order valence-corrected chi connectivity index (χ2v) is 8.58. The number of carbonyl (C=O) groups excluding carboxylic acids is 1. The smallest absolute Gasteiger partial charge is 0.221 e. The van der Waals surface area contributed by atoms with E-state index in [1.807, 2.05) is 0 Å². The average Bonchev–Trinajstić information content (AvgIpc) is 3.19. The summed E-state index contributed by atoms with van der Waals surface area (Å²) in [6.45, 7) is 2.68. The third-order valence-electron chi connectivity index (χ3n) is 4.65. The number of nitrogens with zero attached hydrogens (tertiary/aromatic N) is 2. The van der Waals surface area contributed by atoms with Crippen LogP contribution in [0.2, 0.25) is 0 Å². The van der Waals surface area contributed by atoms with Gasteiger partial charge in [-0.1, -0.05) is 0 Å². The largest absolute Gasteiger partial charge is 0.395 e. The Morgan fingerprint density at radius 3 is 2.52 bits per heavy atom. The second kappa shape index (κ2) is 8.62. The van der Waals surface area contributed by atoms with Crippen molar-refractivity contribution in [3.05, 3.63) is 0 Å². The van der Waals surface area contributed by atoms with Crippen molar-refractivity contribution in [3.8, 4) is 0 Å². The highest BCUT2D eigenvalue weighted by Crippen LogP contribution is 2.41. The first kappa shape index (κ1) is 20.6. The summed E-state index contributed by atoms with van der Waals surface area (Å²) in [7, 11) is -1.76. The number of halogens is 1. The molecule has 1 heterocycles. The summed E-state index contributed by atoms with van der Waals surface area (Å²) < 4.78 is 23.8. The highest BCUT2D eigenvalue weighted by Gasteiger charge is 2.42. The maximum absolute atomic E-state index is 12.1. The van der Waals surface area contributed by atoms with Gasteiger partial charge in [0.25, 0.3) is 0 Å². The predicted octanol–water partition coefficient (Wildman–Crippen LogP) is -0.491. The van der Waals surface area contributed by atoms with Crippen LogP contribution in [0.1, 0.15) is 19.3 Å². The van der Waals surface area contributed by atoms with Crippen molar-refractivity contribution in [2.75, 3.05) is 46.1 Å². The van der Waals surface area contributed by atoms with Crippen molar-refractivity contribution in [3.63, 3.8) is 0 Å². The Labute approximate surface area is 144 Å². The lowest BCUT2D eigenvalue weighted by Gasteiger charge is -2.20. The first-order valence-corrected chi connectivity index (χ1v) is 9.70. The molecule has 0 radical (unpaired) electrons. The molecule has 0 unspecified atom stereocenters. The lowest BCUT2D eigenvalue weighted by molar-refractivity contribution is -0.122. The number of sulfonamides is 1. The average molecular weight is 370 g/mol. The van der Waals surface area contributed by atoms with Gasteiger partial charge < -0.3 is 10.4 Å². The number of amides is 1. The molecule has 1 saturated carbocycles. The van der Waals surface area contributed by atoms with Crippen molar-refractivity contribution in [1.82, 2.24) is 14.5 Å². The van der Waals surface area contributed by atoms with Crippen LogP contribution < -0.4 is 5.32 Å². The molecule has 2 rings (SSSR count). The van der Waals surface area contributed by atoms with E-state index in [0.29, 0.717) is 18.4 Å². The molecule has 136 valence electrons. The summed E-state index contributed by atoms with van der Waals surface area (Å²) >= 11 is 0. The second-order valence-electron chi connectivity index (χ2n) is 6.49. The van der Waals surface area contributed by atoms with Gasteiger partial charge in [0.15, 0.2) is 0 Å². The van der Waals surface area contributed by atoms with E-state index in [1.54, 1.807) is 0 Å². The topological polar surface area (TPSA) is 89.9 Å². The maximum atomic E-state index is 12.1. The Morgan fingerprint density at radius 2 is 2.00 bits per heavy atom. The van der Waals surface area contributed by atoms with Crippen molar-refractivity contribution < 1.29 is 18.3 Å². The third-order valence-corrected chi connectivity index (χ3v) is 5.97. The molecular formula is C14H28ClN3O4S. The van der Waals surface area contributed by atoms with Crippen LogP contribution in [-0.4, -0.2) is 80.8 Å². The molecule has 2 aliphatic rings. The van der Waals surface area contributed by atoms with Gasteiger partial charge in [0.1, 0.15) is 0 Å². The Hall–Kier alpha value is -0.410. The molecule has 9 heteroatoms. The predicted molar refractivity (Wildman–Crippen MR) is 91.0 cm³/mol. The molecular weight excluding hydrogens is 342 g/mol. The van der Waals surface area contributed by atoms with Gasteiger partial charge in [0.2, 0.25) is 15.9 Å². The van der Waals surface area contributed by atoms with Crippen molar-refractivity contribution in [2.24, 2.45) is 11.8 Å². The standard InChI is InChI=1S/C14H27N3O4S.ClH/c1-16(22(2,20)21)6-5-14(19)15-13-10-17(7-8-18)9-12(13)11-3-4-11;/h11-13,18H,3-10H2,1-2H3,(H,15,19);1H/t12-,13+;/m1./s1. The molecule has 0 spiro atoms. The van der Waals surface area contributed by atoms with Crippen LogP contribution in [0.25, 0.3) is 0 Å². The van der Waals surface area contributed by atoms with E-state index < -0.39 is 10.0 Å². The van der Waals surface area contributed by atoms with Crippen molar-refractivity contribution in [1.29, 1.82) is 0 Å². The summed E-state index contributed by atoms with van der Waals surface area (Å²) in [6.07, 6.45) is 3.76. The van der Waals surface area contributed by atoms with Crippen LogP contribution in [0.15, 0.2) is 0 Å². The minimum Gasteiger partial charge on any atom is -0.395 e. The van der Waals surface area contributed by atoms with E-state index in [-0.39, 0.29) is 43.9 Å². The molecule has 1 amide bonds. The maximum Gasteiger partial charge on any atom is 0.221 e. The summed E-state index contributed by atoms with van der Waals surface area (Å²) in [5, 5.41) is 12.1. The van der Waals surface area contributed by atoms with Crippen LogP contribution in [0.4, 0.5) is 0 Å². The number of aliphatic hydroxyl groups is 1. The minimum absolute atomic E-state index is 0. The Morgan fingerprint density at radius 1 is 1.35 bits per heavy atom. The van der Waals surface area contributed by atoms with E-state index in [2.05, 4.69) is 10.2 Å². The van der Waals surface area contributed by atoms with Crippen molar-refractivity contribution >= 4 is 28.3 Å². The van der Waals surface area contributed by atoms with Gasteiger partial charge >= 0.3 is 0 Å². The van der Waals surface area contributed by atoms with Gasteiger partial charge in [0, 0.05) is 45.7 Å². The summed E-state index contributed by atoms with van der Waals surface area (Å²) in [5.74, 6) is 1.05. The van der Waals surface area contributed by atoms with Crippen LogP contribution >= 0.6 is 12.4 Å². The van der Waals surface area contributed by atoms with Crippen LogP contribution in [0.5, 0.6) is 0 Å². The van der Waals surface area contributed by atoms with Crippen LogP contribution in [-0.2, 0) is 14.8 Å². The Balaban J connectivity index is 0.00000264. The zero-order chi connectivity index (χ0) is 16.3. The van der Waals surface area contributed by atoms with Crippen molar-refractivity contribution in [2.45, 2.75) is 25.3 Å². The number of likely N-dealkylation sites (tertiary alicyclic amines) is 1. The zero-order valence-electron chi connectivity index (χ0n) is 13.8. The molecule has 0 bridgehead atoms. The Kier molecular flexibility index (Phi) is 7.73. The molecule has 2 fully saturated rings. The van der Waals surface area contributed by atoms with Gasteiger partial charge in [-0.2, -0.15) is 0 Å². The lowest BCUT2D eigenvalue weighted by atomic mass is 9.98. The zero-order valence-corrected chi connectivity index (χ0v) is 15.4. The number of β-amino-alcohol motifs (C(OH)–C–C–N with tert-alkyl or cyclic N) is 1. The number of hydrogen-bond acceptors (Lipinski definition) is 5.